The second-order valence-electron chi connectivity index (χ2n) is 6.67. The van der Waals surface area contributed by atoms with Crippen LogP contribution in [-0.4, -0.2) is 58.4 Å². The standard InChI is InChI=1S/C17H18N4O7S/c1-27-16(22)15-14-12(9-19(18-14)8-7-11-5-3-2-4-6-11)13-10-20(15)17(23)21(13)28-29(24,25)26/h2-6,9,13,15H,7-8,10H2,1H3,(H,24,25,26)/t13-,15?/m1/s1. The number of ether oxygens (including phenoxy) is 1. The number of carbonyl (C=O) groups is 2. The summed E-state index contributed by atoms with van der Waals surface area (Å²) in [7, 11) is -3.74. The van der Waals surface area contributed by atoms with Crippen LogP contribution in [0, 0.1) is 0 Å². The Morgan fingerprint density at radius 3 is 2.69 bits per heavy atom. The van der Waals surface area contributed by atoms with Crippen LogP contribution in [0.4, 0.5) is 4.79 Å². The van der Waals surface area contributed by atoms with E-state index in [1.54, 1.807) is 10.9 Å². The zero-order valence-electron chi connectivity index (χ0n) is 15.3. The van der Waals surface area contributed by atoms with Crippen LogP contribution in [0.25, 0.3) is 0 Å². The molecule has 1 aromatic heterocycles. The van der Waals surface area contributed by atoms with Gasteiger partial charge in [-0.05, 0) is 12.0 Å². The topological polar surface area (TPSA) is 131 Å². The zero-order chi connectivity index (χ0) is 20.8. The predicted octanol–water partition coefficient (Wildman–Crippen LogP) is 0.867. The Bertz CT molecular complexity index is 1050. The highest BCUT2D eigenvalue weighted by Crippen LogP contribution is 2.44. The van der Waals surface area contributed by atoms with Gasteiger partial charge >= 0.3 is 22.4 Å². The van der Waals surface area contributed by atoms with E-state index in [4.69, 9.17) is 9.29 Å². The fourth-order valence-electron chi connectivity index (χ4n) is 3.65. The Labute approximate surface area is 166 Å². The molecule has 12 heteroatoms. The minimum atomic E-state index is -4.93. The lowest BCUT2D eigenvalue weighted by molar-refractivity contribution is -0.146. The van der Waals surface area contributed by atoms with Gasteiger partial charge in [0.05, 0.1) is 13.7 Å². The number of hydrogen-bond donors (Lipinski definition) is 1. The molecule has 2 atom stereocenters. The molecule has 1 unspecified atom stereocenters. The number of amides is 2. The highest BCUT2D eigenvalue weighted by molar-refractivity contribution is 7.80. The number of hydroxylamine groups is 2. The van der Waals surface area contributed by atoms with Crippen molar-refractivity contribution in [2.45, 2.75) is 25.0 Å². The normalized spacial score (nSPS) is 20.7. The first-order chi connectivity index (χ1) is 13.8. The minimum Gasteiger partial charge on any atom is -0.467 e. The van der Waals surface area contributed by atoms with Crippen LogP contribution < -0.4 is 0 Å². The summed E-state index contributed by atoms with van der Waals surface area (Å²) in [5, 5.41) is 4.99. The molecule has 2 aromatic rings. The molecule has 0 radical (unpaired) electrons. The third kappa shape index (κ3) is 3.57. The number of hydrogen-bond acceptors (Lipinski definition) is 7. The Balaban J connectivity index is 1.68. The summed E-state index contributed by atoms with van der Waals surface area (Å²) in [4.78, 5) is 26.0. The largest absolute Gasteiger partial charge is 0.467 e. The van der Waals surface area contributed by atoms with Crippen LogP contribution in [-0.2, 0) is 37.2 Å². The monoisotopic (exact) mass is 422 g/mol. The Morgan fingerprint density at radius 2 is 2.03 bits per heavy atom. The molecule has 1 aromatic carbocycles. The number of aryl methyl sites for hydroxylation is 2. The van der Waals surface area contributed by atoms with Crippen molar-refractivity contribution in [1.82, 2.24) is 19.7 Å². The van der Waals surface area contributed by atoms with Gasteiger partial charge in [-0.15, -0.1) is 4.28 Å². The average molecular weight is 422 g/mol. The molecule has 3 heterocycles. The zero-order valence-corrected chi connectivity index (χ0v) is 16.2. The van der Waals surface area contributed by atoms with Crippen LogP contribution in [0.2, 0.25) is 0 Å². The molecule has 2 aliphatic heterocycles. The van der Waals surface area contributed by atoms with Gasteiger partial charge in [0.1, 0.15) is 11.7 Å². The molecular formula is C17H18N4O7S. The molecule has 2 aliphatic rings. The SMILES string of the molecule is COC(=O)C1c2nn(CCc3ccccc3)cc2[C@H]2CN1C(=O)N2OS(=O)(=O)O. The maximum Gasteiger partial charge on any atom is 0.418 e. The number of carbonyl (C=O) groups excluding carboxylic acids is 2. The fourth-order valence-corrected chi connectivity index (χ4v) is 4.02. The molecular weight excluding hydrogens is 404 g/mol. The first kappa shape index (κ1) is 19.4. The molecule has 1 saturated heterocycles. The van der Waals surface area contributed by atoms with E-state index in [1.807, 2.05) is 30.3 Å². The predicted molar refractivity (Wildman–Crippen MR) is 96.4 cm³/mol. The van der Waals surface area contributed by atoms with Crippen LogP contribution in [0.1, 0.15) is 28.9 Å². The first-order valence-corrected chi connectivity index (χ1v) is 10.1. The first-order valence-electron chi connectivity index (χ1n) is 8.74. The molecule has 4 rings (SSSR count). The van der Waals surface area contributed by atoms with Crippen molar-refractivity contribution in [3.63, 3.8) is 0 Å². The number of benzene rings is 1. The number of methoxy groups -OCH3 is 1. The highest BCUT2D eigenvalue weighted by atomic mass is 32.3. The van der Waals surface area contributed by atoms with Crippen LogP contribution in [0.15, 0.2) is 36.5 Å². The van der Waals surface area contributed by atoms with Crippen molar-refractivity contribution in [1.29, 1.82) is 0 Å². The third-order valence-corrected chi connectivity index (χ3v) is 5.26. The highest BCUT2D eigenvalue weighted by Gasteiger charge is 2.54. The van der Waals surface area contributed by atoms with Gasteiger partial charge in [0.15, 0.2) is 6.04 Å². The Kier molecular flexibility index (Phi) is 4.76. The van der Waals surface area contributed by atoms with E-state index in [2.05, 4.69) is 9.38 Å². The lowest BCUT2D eigenvalue weighted by Crippen LogP contribution is -2.39. The summed E-state index contributed by atoms with van der Waals surface area (Å²) < 4.78 is 42.3. The van der Waals surface area contributed by atoms with Crippen molar-refractivity contribution in [3.8, 4) is 0 Å². The van der Waals surface area contributed by atoms with Crippen molar-refractivity contribution in [3.05, 3.63) is 53.3 Å². The van der Waals surface area contributed by atoms with Gasteiger partial charge < -0.3 is 9.64 Å². The van der Waals surface area contributed by atoms with Crippen LogP contribution in [0.5, 0.6) is 0 Å². The van der Waals surface area contributed by atoms with E-state index in [9.17, 15) is 18.0 Å². The number of fused-ring (bicyclic) bond motifs is 4. The Morgan fingerprint density at radius 1 is 1.31 bits per heavy atom. The van der Waals surface area contributed by atoms with Gasteiger partial charge in [-0.25, -0.2) is 9.59 Å². The number of rotatable bonds is 6. The quantitative estimate of drug-likeness (QED) is 0.536. The van der Waals surface area contributed by atoms with Gasteiger partial charge in [0, 0.05) is 18.3 Å². The summed E-state index contributed by atoms with van der Waals surface area (Å²) in [6.45, 7) is 0.496. The van der Waals surface area contributed by atoms with E-state index in [0.29, 0.717) is 23.6 Å². The van der Waals surface area contributed by atoms with E-state index in [-0.39, 0.29) is 12.2 Å². The third-order valence-electron chi connectivity index (χ3n) is 4.91. The summed E-state index contributed by atoms with van der Waals surface area (Å²) in [5.41, 5.74) is 1.84. The number of esters is 1. The van der Waals surface area contributed by atoms with Gasteiger partial charge in [-0.2, -0.15) is 18.6 Å². The lowest BCUT2D eigenvalue weighted by Gasteiger charge is -2.27. The average Bonchev–Trinajstić information content (AvgIpc) is 3.22. The maximum absolute atomic E-state index is 12.6. The Hall–Kier alpha value is -2.96. The van der Waals surface area contributed by atoms with Crippen molar-refractivity contribution in [2.75, 3.05) is 13.7 Å². The lowest BCUT2D eigenvalue weighted by atomic mass is 9.98. The summed E-state index contributed by atoms with van der Waals surface area (Å²) in [6, 6.07) is 6.89. The van der Waals surface area contributed by atoms with Crippen molar-refractivity contribution >= 4 is 22.4 Å². The summed E-state index contributed by atoms with van der Waals surface area (Å²) in [5.74, 6) is -0.708. The fraction of sp³-hybridized carbons (Fsp3) is 0.353. The van der Waals surface area contributed by atoms with Crippen LogP contribution >= 0.6 is 0 Å². The van der Waals surface area contributed by atoms with E-state index in [0.717, 1.165) is 10.5 Å². The summed E-state index contributed by atoms with van der Waals surface area (Å²) >= 11 is 0. The maximum atomic E-state index is 12.6. The van der Waals surface area contributed by atoms with Gasteiger partial charge in [0.2, 0.25) is 0 Å². The number of aromatic nitrogens is 2. The molecule has 154 valence electrons. The van der Waals surface area contributed by atoms with Gasteiger partial charge in [-0.1, -0.05) is 30.3 Å². The van der Waals surface area contributed by atoms with Gasteiger partial charge in [0.25, 0.3) is 0 Å². The second-order valence-corrected chi connectivity index (χ2v) is 7.68. The molecule has 0 spiro atoms. The van der Waals surface area contributed by atoms with Gasteiger partial charge in [-0.3, -0.25) is 9.23 Å². The van der Waals surface area contributed by atoms with Crippen molar-refractivity contribution < 1.29 is 31.6 Å². The smallest absolute Gasteiger partial charge is 0.418 e. The molecule has 1 N–H and O–H groups in total. The van der Waals surface area contributed by atoms with E-state index >= 15 is 0 Å². The number of nitrogens with zero attached hydrogens (tertiary/aromatic N) is 4. The molecule has 11 nitrogen and oxygen atoms in total. The summed E-state index contributed by atoms with van der Waals surface area (Å²) in [6.07, 6.45) is 2.33. The van der Waals surface area contributed by atoms with Crippen molar-refractivity contribution in [2.24, 2.45) is 0 Å². The van der Waals surface area contributed by atoms with E-state index < -0.39 is 34.5 Å². The molecule has 0 aliphatic carbocycles. The molecule has 1 fully saturated rings. The minimum absolute atomic E-state index is 0.00843. The molecule has 2 amide bonds. The number of urea groups is 1. The molecule has 0 saturated carbocycles. The van der Waals surface area contributed by atoms with Crippen LogP contribution in [0.3, 0.4) is 0 Å². The molecule has 2 bridgehead atoms. The molecule has 29 heavy (non-hydrogen) atoms. The van der Waals surface area contributed by atoms with E-state index in [1.165, 1.54) is 7.11 Å². The second kappa shape index (κ2) is 7.13.